The average molecular weight is 383 g/mol. The van der Waals surface area contributed by atoms with Crippen LogP contribution >= 0.6 is 0 Å². The molecule has 6 heteroatoms. The Hall–Kier alpha value is -2.89. The van der Waals surface area contributed by atoms with Gasteiger partial charge in [0.25, 0.3) is 0 Å². The molecule has 1 aliphatic rings. The van der Waals surface area contributed by atoms with Gasteiger partial charge in [-0.1, -0.05) is 30.3 Å². The molecule has 148 valence electrons. The van der Waals surface area contributed by atoms with Crippen molar-refractivity contribution in [1.29, 1.82) is 0 Å². The summed E-state index contributed by atoms with van der Waals surface area (Å²) < 4.78 is 13.1. The Balaban J connectivity index is 1.50. The number of nitrogens with zero attached hydrogens (tertiary/aromatic N) is 3. The van der Waals surface area contributed by atoms with E-state index in [-0.39, 0.29) is 24.2 Å². The first-order chi connectivity index (χ1) is 13.5. The maximum Gasteiger partial charge on any atom is 0.242 e. The van der Waals surface area contributed by atoms with Gasteiger partial charge in [-0.25, -0.2) is 4.39 Å². The molecule has 0 unspecified atom stereocenters. The molecule has 3 rings (SSSR count). The van der Waals surface area contributed by atoms with Crippen LogP contribution in [-0.4, -0.2) is 60.9 Å². The molecule has 1 fully saturated rings. The summed E-state index contributed by atoms with van der Waals surface area (Å²) in [6, 6.07) is 16.4. The molecule has 0 aliphatic carbocycles. The Morgan fingerprint density at radius 3 is 2.21 bits per heavy atom. The van der Waals surface area contributed by atoms with Gasteiger partial charge in [-0.15, -0.1) is 0 Å². The molecular formula is C22H26FN3O2. The van der Waals surface area contributed by atoms with E-state index in [1.807, 2.05) is 30.3 Å². The van der Waals surface area contributed by atoms with Crippen molar-refractivity contribution < 1.29 is 14.0 Å². The van der Waals surface area contributed by atoms with Crippen LogP contribution in [0.15, 0.2) is 54.6 Å². The first-order valence-corrected chi connectivity index (χ1v) is 9.60. The summed E-state index contributed by atoms with van der Waals surface area (Å²) in [6.45, 7) is 4.73. The third kappa shape index (κ3) is 5.31. The Labute approximate surface area is 165 Å². The smallest absolute Gasteiger partial charge is 0.242 e. The highest BCUT2D eigenvalue weighted by Gasteiger charge is 2.23. The minimum atomic E-state index is -0.252. The molecule has 5 nitrogen and oxygen atoms in total. The number of amides is 2. The summed E-state index contributed by atoms with van der Waals surface area (Å²) in [6.07, 6.45) is 0.728. The lowest BCUT2D eigenvalue weighted by atomic mass is 10.1. The molecule has 1 aliphatic heterocycles. The summed E-state index contributed by atoms with van der Waals surface area (Å²) in [4.78, 5) is 30.2. The standard InChI is InChI=1S/C22H26FN3O2/c1-18(27)26(12-11-19-5-3-2-4-6-19)17-22(28)25-15-13-24(14-16-25)21-9-7-20(23)8-10-21/h2-10H,11-17H2,1H3. The van der Waals surface area contributed by atoms with Gasteiger partial charge in [0.05, 0.1) is 6.54 Å². The highest BCUT2D eigenvalue weighted by Crippen LogP contribution is 2.17. The van der Waals surface area contributed by atoms with Gasteiger partial charge in [0.15, 0.2) is 0 Å². The van der Waals surface area contributed by atoms with E-state index in [0.717, 1.165) is 17.7 Å². The van der Waals surface area contributed by atoms with E-state index in [1.165, 1.54) is 19.1 Å². The van der Waals surface area contributed by atoms with Crippen molar-refractivity contribution in [1.82, 2.24) is 9.80 Å². The van der Waals surface area contributed by atoms with Crippen LogP contribution in [0.2, 0.25) is 0 Å². The Kier molecular flexibility index (Phi) is 6.63. The molecule has 0 saturated carbocycles. The molecule has 0 radical (unpaired) electrons. The maximum absolute atomic E-state index is 13.1. The second kappa shape index (κ2) is 9.35. The second-order valence-corrected chi connectivity index (χ2v) is 7.02. The average Bonchev–Trinajstić information content (AvgIpc) is 2.72. The van der Waals surface area contributed by atoms with Crippen molar-refractivity contribution in [2.45, 2.75) is 13.3 Å². The normalized spacial score (nSPS) is 14.1. The van der Waals surface area contributed by atoms with Crippen LogP contribution < -0.4 is 4.90 Å². The zero-order valence-electron chi connectivity index (χ0n) is 16.2. The lowest BCUT2D eigenvalue weighted by Crippen LogP contribution is -2.52. The molecule has 28 heavy (non-hydrogen) atoms. The number of anilines is 1. The second-order valence-electron chi connectivity index (χ2n) is 7.02. The largest absolute Gasteiger partial charge is 0.368 e. The summed E-state index contributed by atoms with van der Waals surface area (Å²) in [5.41, 5.74) is 2.11. The van der Waals surface area contributed by atoms with Crippen LogP contribution in [0.3, 0.4) is 0 Å². The number of rotatable bonds is 6. The fourth-order valence-corrected chi connectivity index (χ4v) is 3.39. The van der Waals surface area contributed by atoms with Gasteiger partial charge in [0.1, 0.15) is 5.82 Å². The van der Waals surface area contributed by atoms with Gasteiger partial charge in [-0.3, -0.25) is 9.59 Å². The van der Waals surface area contributed by atoms with Gasteiger partial charge >= 0.3 is 0 Å². The Bertz CT molecular complexity index is 787. The quantitative estimate of drug-likeness (QED) is 0.770. The fourth-order valence-electron chi connectivity index (χ4n) is 3.39. The molecule has 0 N–H and O–H groups in total. The number of carbonyl (C=O) groups is 2. The Morgan fingerprint density at radius 2 is 1.61 bits per heavy atom. The van der Waals surface area contributed by atoms with E-state index in [1.54, 1.807) is 21.9 Å². The summed E-state index contributed by atoms with van der Waals surface area (Å²) in [7, 11) is 0. The summed E-state index contributed by atoms with van der Waals surface area (Å²) in [5, 5.41) is 0. The lowest BCUT2D eigenvalue weighted by molar-refractivity contribution is -0.139. The lowest BCUT2D eigenvalue weighted by Gasteiger charge is -2.37. The van der Waals surface area contributed by atoms with E-state index in [2.05, 4.69) is 4.90 Å². The molecule has 2 aromatic carbocycles. The fraction of sp³-hybridized carbons (Fsp3) is 0.364. The molecule has 0 spiro atoms. The monoisotopic (exact) mass is 383 g/mol. The number of piperazine rings is 1. The van der Waals surface area contributed by atoms with Crippen molar-refractivity contribution >= 4 is 17.5 Å². The van der Waals surface area contributed by atoms with Crippen LogP contribution in [0, 0.1) is 5.82 Å². The SMILES string of the molecule is CC(=O)N(CCc1ccccc1)CC(=O)N1CCN(c2ccc(F)cc2)CC1. The van der Waals surface area contributed by atoms with E-state index in [0.29, 0.717) is 32.7 Å². The molecule has 1 heterocycles. The van der Waals surface area contributed by atoms with Crippen LogP contribution in [0.25, 0.3) is 0 Å². The van der Waals surface area contributed by atoms with E-state index < -0.39 is 0 Å². The van der Waals surface area contributed by atoms with Gasteiger partial charge in [0, 0.05) is 45.3 Å². The van der Waals surface area contributed by atoms with Crippen molar-refractivity contribution in [2.75, 3.05) is 44.2 Å². The predicted octanol–water partition coefficient (Wildman–Crippen LogP) is 2.57. The predicted molar refractivity (Wildman–Crippen MR) is 108 cm³/mol. The van der Waals surface area contributed by atoms with Crippen LogP contribution in [0.4, 0.5) is 10.1 Å². The van der Waals surface area contributed by atoms with Crippen LogP contribution in [0.5, 0.6) is 0 Å². The zero-order valence-corrected chi connectivity index (χ0v) is 16.2. The van der Waals surface area contributed by atoms with Crippen LogP contribution in [-0.2, 0) is 16.0 Å². The van der Waals surface area contributed by atoms with Crippen LogP contribution in [0.1, 0.15) is 12.5 Å². The van der Waals surface area contributed by atoms with Gasteiger partial charge < -0.3 is 14.7 Å². The molecule has 2 aromatic rings. The van der Waals surface area contributed by atoms with Gasteiger partial charge in [-0.05, 0) is 36.2 Å². The molecular weight excluding hydrogens is 357 g/mol. The number of carbonyl (C=O) groups excluding carboxylic acids is 2. The maximum atomic E-state index is 13.1. The van der Waals surface area contributed by atoms with Crippen molar-refractivity contribution in [3.8, 4) is 0 Å². The number of benzene rings is 2. The van der Waals surface area contributed by atoms with Crippen molar-refractivity contribution in [2.24, 2.45) is 0 Å². The molecule has 2 amide bonds. The molecule has 0 bridgehead atoms. The third-order valence-corrected chi connectivity index (χ3v) is 5.11. The molecule has 1 saturated heterocycles. The summed E-state index contributed by atoms with van der Waals surface area (Å²) in [5.74, 6) is -0.367. The first-order valence-electron chi connectivity index (χ1n) is 9.60. The first kappa shape index (κ1) is 19.9. The molecule has 0 atom stereocenters. The van der Waals surface area contributed by atoms with E-state index in [4.69, 9.17) is 0 Å². The van der Waals surface area contributed by atoms with E-state index in [9.17, 15) is 14.0 Å². The zero-order chi connectivity index (χ0) is 19.9. The third-order valence-electron chi connectivity index (χ3n) is 5.11. The number of hydrogen-bond acceptors (Lipinski definition) is 3. The van der Waals surface area contributed by atoms with Gasteiger partial charge in [0.2, 0.25) is 11.8 Å². The minimum absolute atomic E-state index is 0.0259. The topological polar surface area (TPSA) is 43.9 Å². The van der Waals surface area contributed by atoms with E-state index >= 15 is 0 Å². The number of hydrogen-bond donors (Lipinski definition) is 0. The summed E-state index contributed by atoms with van der Waals surface area (Å²) >= 11 is 0. The number of halogens is 1. The highest BCUT2D eigenvalue weighted by molar-refractivity contribution is 5.84. The highest BCUT2D eigenvalue weighted by atomic mass is 19.1. The molecule has 0 aromatic heterocycles. The van der Waals surface area contributed by atoms with Crippen molar-refractivity contribution in [3.63, 3.8) is 0 Å². The minimum Gasteiger partial charge on any atom is -0.368 e. The van der Waals surface area contributed by atoms with Crippen molar-refractivity contribution in [3.05, 3.63) is 66.0 Å². The van der Waals surface area contributed by atoms with Gasteiger partial charge in [-0.2, -0.15) is 0 Å². The Morgan fingerprint density at radius 1 is 0.964 bits per heavy atom.